The second-order valence-corrected chi connectivity index (χ2v) is 6.56. The van der Waals surface area contributed by atoms with Crippen LogP contribution in [0.1, 0.15) is 23.6 Å². The van der Waals surface area contributed by atoms with Gasteiger partial charge in [0.15, 0.2) is 11.5 Å². The lowest BCUT2D eigenvalue weighted by Crippen LogP contribution is -2.49. The molecule has 6 heteroatoms. The number of fused-ring (bicyclic) bond motifs is 1. The Bertz CT molecular complexity index is 777. The Kier molecular flexibility index (Phi) is 4.67. The van der Waals surface area contributed by atoms with E-state index < -0.39 is 0 Å². The molecule has 136 valence electrons. The minimum absolute atomic E-state index is 0.00559. The Hall–Kier alpha value is -2.73. The molecule has 0 spiro atoms. The molecule has 1 amide bonds. The van der Waals surface area contributed by atoms with Gasteiger partial charge in [0.1, 0.15) is 13.2 Å². The number of rotatable bonds is 4. The molecular formula is C20H22N2O4. The van der Waals surface area contributed by atoms with E-state index in [1.54, 1.807) is 7.11 Å². The highest BCUT2D eigenvalue weighted by Gasteiger charge is 2.30. The monoisotopic (exact) mass is 354 g/mol. The third-order valence-corrected chi connectivity index (χ3v) is 4.83. The van der Waals surface area contributed by atoms with Crippen molar-refractivity contribution in [1.82, 2.24) is 10.9 Å². The Morgan fingerprint density at radius 3 is 2.77 bits per heavy atom. The maximum absolute atomic E-state index is 12.4. The van der Waals surface area contributed by atoms with Crippen LogP contribution >= 0.6 is 0 Å². The van der Waals surface area contributed by atoms with Gasteiger partial charge in [-0.2, -0.15) is 0 Å². The molecule has 2 aromatic rings. The number of methoxy groups -OCH3 is 1. The maximum Gasteiger partial charge on any atom is 0.237 e. The van der Waals surface area contributed by atoms with Gasteiger partial charge in [0.25, 0.3) is 0 Å². The minimum Gasteiger partial charge on any atom is -0.493 e. The summed E-state index contributed by atoms with van der Waals surface area (Å²) in [4.78, 5) is 12.4. The summed E-state index contributed by atoms with van der Waals surface area (Å²) >= 11 is 0. The van der Waals surface area contributed by atoms with E-state index in [2.05, 4.69) is 23.0 Å². The van der Waals surface area contributed by atoms with Crippen molar-refractivity contribution in [3.05, 3.63) is 53.6 Å². The van der Waals surface area contributed by atoms with Gasteiger partial charge in [0.2, 0.25) is 11.7 Å². The van der Waals surface area contributed by atoms with Gasteiger partial charge >= 0.3 is 0 Å². The van der Waals surface area contributed by atoms with E-state index in [-0.39, 0.29) is 17.9 Å². The number of hydrogen-bond acceptors (Lipinski definition) is 5. The number of ether oxygens (including phenoxy) is 3. The summed E-state index contributed by atoms with van der Waals surface area (Å²) < 4.78 is 16.8. The highest BCUT2D eigenvalue weighted by molar-refractivity contribution is 5.79. The van der Waals surface area contributed by atoms with Crippen LogP contribution in [0.5, 0.6) is 17.2 Å². The van der Waals surface area contributed by atoms with Gasteiger partial charge in [-0.3, -0.25) is 10.2 Å². The Labute approximate surface area is 152 Å². The fourth-order valence-corrected chi connectivity index (χ4v) is 3.52. The molecule has 2 N–H and O–H groups in total. The number of hydrogen-bond donors (Lipinski definition) is 2. The zero-order valence-corrected chi connectivity index (χ0v) is 14.7. The largest absolute Gasteiger partial charge is 0.493 e. The van der Waals surface area contributed by atoms with Gasteiger partial charge in [0.05, 0.1) is 13.2 Å². The van der Waals surface area contributed by atoms with E-state index in [4.69, 9.17) is 14.2 Å². The number of benzene rings is 2. The van der Waals surface area contributed by atoms with Crippen molar-refractivity contribution in [1.29, 1.82) is 0 Å². The van der Waals surface area contributed by atoms with Crippen LogP contribution in [0, 0.1) is 5.92 Å². The smallest absolute Gasteiger partial charge is 0.237 e. The number of carbonyl (C=O) groups is 1. The van der Waals surface area contributed by atoms with Crippen molar-refractivity contribution in [2.75, 3.05) is 20.3 Å². The van der Waals surface area contributed by atoms with Crippen LogP contribution in [0.4, 0.5) is 0 Å². The van der Waals surface area contributed by atoms with Crippen molar-refractivity contribution >= 4 is 5.91 Å². The maximum atomic E-state index is 12.4. The Morgan fingerprint density at radius 1 is 1.15 bits per heavy atom. The van der Waals surface area contributed by atoms with E-state index in [0.717, 1.165) is 17.5 Å². The van der Waals surface area contributed by atoms with Crippen LogP contribution in [-0.4, -0.2) is 26.2 Å². The first-order valence-electron chi connectivity index (χ1n) is 8.81. The molecule has 0 radical (unpaired) electrons. The van der Waals surface area contributed by atoms with E-state index in [1.165, 1.54) is 0 Å². The predicted octanol–water partition coefficient (Wildman–Crippen LogP) is 2.39. The fourth-order valence-electron chi connectivity index (χ4n) is 3.52. The predicted molar refractivity (Wildman–Crippen MR) is 96.3 cm³/mol. The summed E-state index contributed by atoms with van der Waals surface area (Å²) in [6, 6.07) is 14.1. The molecular weight excluding hydrogens is 332 g/mol. The molecule has 0 saturated carbocycles. The quantitative estimate of drug-likeness (QED) is 0.882. The summed E-state index contributed by atoms with van der Waals surface area (Å²) in [7, 11) is 1.61. The second-order valence-electron chi connectivity index (χ2n) is 6.56. The van der Waals surface area contributed by atoms with Gasteiger partial charge in [-0.15, -0.1) is 0 Å². The summed E-state index contributed by atoms with van der Waals surface area (Å²) in [6.45, 7) is 1.03. The molecule has 0 aromatic heterocycles. The zero-order chi connectivity index (χ0) is 17.9. The van der Waals surface area contributed by atoms with Gasteiger partial charge in [-0.05, 0) is 36.1 Å². The molecule has 2 aromatic carbocycles. The summed E-state index contributed by atoms with van der Waals surface area (Å²) in [5.74, 6) is 1.84. The molecule has 0 aliphatic carbocycles. The highest BCUT2D eigenvalue weighted by atomic mass is 16.6. The fraction of sp³-hybridized carbons (Fsp3) is 0.350. The van der Waals surface area contributed by atoms with Gasteiger partial charge in [-0.1, -0.05) is 30.3 Å². The van der Waals surface area contributed by atoms with Crippen molar-refractivity contribution in [3.63, 3.8) is 0 Å². The van der Waals surface area contributed by atoms with E-state index >= 15 is 0 Å². The summed E-state index contributed by atoms with van der Waals surface area (Å²) in [6.07, 6.45) is 1.34. The lowest BCUT2D eigenvalue weighted by atomic mass is 9.88. The summed E-state index contributed by atoms with van der Waals surface area (Å²) in [5.41, 5.74) is 8.08. The molecule has 0 bridgehead atoms. The molecule has 2 aliphatic heterocycles. The van der Waals surface area contributed by atoms with Crippen molar-refractivity contribution in [2.24, 2.45) is 5.92 Å². The average Bonchev–Trinajstić information content (AvgIpc) is 2.69. The molecule has 26 heavy (non-hydrogen) atoms. The number of carbonyl (C=O) groups excluding carboxylic acids is 1. The zero-order valence-electron chi connectivity index (χ0n) is 14.7. The van der Waals surface area contributed by atoms with Gasteiger partial charge in [-0.25, -0.2) is 5.43 Å². The SMILES string of the molecule is COc1cc(CC2CC(c3ccccc3)NNC2=O)cc2c1OCCO2. The third-order valence-electron chi connectivity index (χ3n) is 4.83. The van der Waals surface area contributed by atoms with E-state index in [9.17, 15) is 4.79 Å². The first kappa shape index (κ1) is 16.7. The van der Waals surface area contributed by atoms with Crippen LogP contribution in [-0.2, 0) is 11.2 Å². The molecule has 1 fully saturated rings. The minimum atomic E-state index is -0.131. The van der Waals surface area contributed by atoms with Crippen molar-refractivity contribution in [2.45, 2.75) is 18.9 Å². The second kappa shape index (κ2) is 7.25. The topological polar surface area (TPSA) is 68.8 Å². The standard InChI is InChI=1S/C20H22N2O4/c1-24-17-10-13(11-18-19(17)26-8-7-25-18)9-15-12-16(21-22-20(15)23)14-5-3-2-4-6-14/h2-6,10-11,15-16,21H,7-9,12H2,1H3,(H,22,23). The molecule has 6 nitrogen and oxygen atoms in total. The first-order chi connectivity index (χ1) is 12.7. The molecule has 2 atom stereocenters. The summed E-state index contributed by atoms with van der Waals surface area (Å²) in [5, 5.41) is 0. The van der Waals surface area contributed by atoms with Gasteiger partial charge < -0.3 is 14.2 Å². The van der Waals surface area contributed by atoms with E-state index in [0.29, 0.717) is 36.9 Å². The Balaban J connectivity index is 1.55. The molecule has 2 unspecified atom stereocenters. The van der Waals surface area contributed by atoms with Crippen LogP contribution in [0.3, 0.4) is 0 Å². The van der Waals surface area contributed by atoms with E-state index in [1.807, 2.05) is 30.3 Å². The highest BCUT2D eigenvalue weighted by Crippen LogP contribution is 2.41. The number of hydrazine groups is 1. The lowest BCUT2D eigenvalue weighted by Gasteiger charge is -2.31. The average molecular weight is 354 g/mol. The van der Waals surface area contributed by atoms with Crippen LogP contribution in [0.15, 0.2) is 42.5 Å². The van der Waals surface area contributed by atoms with Crippen LogP contribution < -0.4 is 25.1 Å². The lowest BCUT2D eigenvalue weighted by molar-refractivity contribution is -0.128. The molecule has 2 aliphatic rings. The normalized spacial score (nSPS) is 21.8. The number of amides is 1. The third kappa shape index (κ3) is 3.32. The van der Waals surface area contributed by atoms with Crippen molar-refractivity contribution < 1.29 is 19.0 Å². The molecule has 1 saturated heterocycles. The van der Waals surface area contributed by atoms with Crippen LogP contribution in [0.25, 0.3) is 0 Å². The molecule has 2 heterocycles. The van der Waals surface area contributed by atoms with Crippen LogP contribution in [0.2, 0.25) is 0 Å². The first-order valence-corrected chi connectivity index (χ1v) is 8.81. The van der Waals surface area contributed by atoms with Crippen molar-refractivity contribution in [3.8, 4) is 17.2 Å². The van der Waals surface area contributed by atoms with Gasteiger partial charge in [0, 0.05) is 5.92 Å². The molecule has 4 rings (SSSR count). The Morgan fingerprint density at radius 2 is 1.96 bits per heavy atom. The number of nitrogens with one attached hydrogen (secondary N) is 2.